The van der Waals surface area contributed by atoms with Crippen LogP contribution in [0.5, 0.6) is 5.75 Å². The molecule has 0 aliphatic rings. The predicted octanol–water partition coefficient (Wildman–Crippen LogP) is 1.43. The number of methoxy groups -OCH3 is 1. The van der Waals surface area contributed by atoms with Gasteiger partial charge >= 0.3 is 5.97 Å². The summed E-state index contributed by atoms with van der Waals surface area (Å²) < 4.78 is 9.40. The molecular formula is C13H15NO5. The van der Waals surface area contributed by atoms with E-state index in [1.165, 1.54) is 12.1 Å². The summed E-state index contributed by atoms with van der Waals surface area (Å²) in [4.78, 5) is 28.1. The minimum atomic E-state index is -0.959. The molecule has 0 aliphatic heterocycles. The lowest BCUT2D eigenvalue weighted by atomic mass is 10.1. The Morgan fingerprint density at radius 2 is 2.00 bits per heavy atom. The molecule has 0 spiro atoms. The Kier molecular flexibility index (Phi) is 5.40. The number of carbonyl (C=O) groups is 2. The highest BCUT2D eigenvalue weighted by Crippen LogP contribution is 2.18. The molecule has 102 valence electrons. The van der Waals surface area contributed by atoms with Crippen LogP contribution in [-0.4, -0.2) is 25.5 Å². The molecule has 6 nitrogen and oxygen atoms in total. The summed E-state index contributed by atoms with van der Waals surface area (Å²) in [6.07, 6.45) is 0. The summed E-state index contributed by atoms with van der Waals surface area (Å²) in [6, 6.07) is 6.26. The fourth-order valence-corrected chi connectivity index (χ4v) is 1.26. The number of Topliss-reactive ketones (excluding diaryl/α,β-unsaturated/α-hetero) is 1. The number of benzene rings is 1. The zero-order valence-corrected chi connectivity index (χ0v) is 10.8. The molecule has 1 rings (SSSR count). The average molecular weight is 265 g/mol. The van der Waals surface area contributed by atoms with Gasteiger partial charge in [-0.25, -0.2) is 4.79 Å². The molecular weight excluding hydrogens is 250 g/mol. The first-order valence-corrected chi connectivity index (χ1v) is 5.56. The summed E-state index contributed by atoms with van der Waals surface area (Å²) >= 11 is 0. The second kappa shape index (κ2) is 7.05. The average Bonchev–Trinajstić information content (AvgIpc) is 2.44. The SMILES string of the molecule is C=C(NOc1ccccc1C(=O)C(=O)OC)OCC. The van der Waals surface area contributed by atoms with E-state index in [1.807, 2.05) is 0 Å². The third-order valence-electron chi connectivity index (χ3n) is 2.10. The molecule has 1 aromatic rings. The first-order chi connectivity index (χ1) is 9.10. The summed E-state index contributed by atoms with van der Waals surface area (Å²) in [5.41, 5.74) is 2.52. The number of para-hydroxylation sites is 1. The molecule has 0 unspecified atom stereocenters. The number of ketones is 1. The maximum Gasteiger partial charge on any atom is 0.379 e. The van der Waals surface area contributed by atoms with Gasteiger partial charge in [0.1, 0.15) is 0 Å². The van der Waals surface area contributed by atoms with E-state index in [1.54, 1.807) is 19.1 Å². The summed E-state index contributed by atoms with van der Waals surface area (Å²) in [5, 5.41) is 0. The molecule has 0 radical (unpaired) electrons. The van der Waals surface area contributed by atoms with Crippen LogP contribution in [0.25, 0.3) is 0 Å². The van der Waals surface area contributed by atoms with E-state index in [9.17, 15) is 9.59 Å². The number of rotatable bonds is 7. The van der Waals surface area contributed by atoms with Gasteiger partial charge in [-0.1, -0.05) is 12.1 Å². The van der Waals surface area contributed by atoms with Crippen molar-refractivity contribution in [2.75, 3.05) is 13.7 Å². The van der Waals surface area contributed by atoms with Crippen molar-refractivity contribution in [2.24, 2.45) is 0 Å². The van der Waals surface area contributed by atoms with Crippen molar-refractivity contribution < 1.29 is 23.9 Å². The van der Waals surface area contributed by atoms with Crippen molar-refractivity contribution in [1.29, 1.82) is 0 Å². The Balaban J connectivity index is 2.81. The molecule has 6 heteroatoms. The van der Waals surface area contributed by atoms with Crippen LogP contribution in [0.1, 0.15) is 17.3 Å². The van der Waals surface area contributed by atoms with Crippen molar-refractivity contribution in [3.8, 4) is 5.75 Å². The third kappa shape index (κ3) is 4.02. The van der Waals surface area contributed by atoms with Gasteiger partial charge in [0.05, 0.1) is 19.3 Å². The lowest BCUT2D eigenvalue weighted by Crippen LogP contribution is -2.22. The van der Waals surface area contributed by atoms with Crippen LogP contribution < -0.4 is 10.3 Å². The topological polar surface area (TPSA) is 73.9 Å². The Morgan fingerprint density at radius 3 is 2.63 bits per heavy atom. The molecule has 19 heavy (non-hydrogen) atoms. The van der Waals surface area contributed by atoms with E-state index in [4.69, 9.17) is 9.57 Å². The number of carbonyl (C=O) groups excluding carboxylic acids is 2. The fourth-order valence-electron chi connectivity index (χ4n) is 1.26. The van der Waals surface area contributed by atoms with Gasteiger partial charge in [-0.15, -0.1) is 0 Å². The van der Waals surface area contributed by atoms with E-state index in [-0.39, 0.29) is 17.2 Å². The van der Waals surface area contributed by atoms with Crippen LogP contribution in [0.15, 0.2) is 36.7 Å². The van der Waals surface area contributed by atoms with Gasteiger partial charge in [0.2, 0.25) is 5.88 Å². The molecule has 0 aromatic heterocycles. The predicted molar refractivity (Wildman–Crippen MR) is 67.3 cm³/mol. The number of esters is 1. The zero-order valence-electron chi connectivity index (χ0n) is 10.8. The maximum atomic E-state index is 11.7. The van der Waals surface area contributed by atoms with Crippen LogP contribution in [0.2, 0.25) is 0 Å². The Bertz CT molecular complexity index is 484. The first kappa shape index (κ1) is 14.6. The van der Waals surface area contributed by atoms with Gasteiger partial charge in [0.25, 0.3) is 5.78 Å². The van der Waals surface area contributed by atoms with Gasteiger partial charge in [-0.3, -0.25) is 4.79 Å². The first-order valence-electron chi connectivity index (χ1n) is 5.56. The molecule has 0 bridgehead atoms. The molecule has 1 aromatic carbocycles. The molecule has 0 amide bonds. The molecule has 0 heterocycles. The molecule has 0 fully saturated rings. The van der Waals surface area contributed by atoms with Crippen molar-refractivity contribution in [3.63, 3.8) is 0 Å². The third-order valence-corrected chi connectivity index (χ3v) is 2.10. The zero-order chi connectivity index (χ0) is 14.3. The van der Waals surface area contributed by atoms with Crippen molar-refractivity contribution in [1.82, 2.24) is 5.48 Å². The summed E-state index contributed by atoms with van der Waals surface area (Å²) in [7, 11) is 1.14. The summed E-state index contributed by atoms with van der Waals surface area (Å²) in [5.74, 6) is -1.37. The van der Waals surface area contributed by atoms with Gasteiger partial charge in [0, 0.05) is 0 Å². The van der Waals surface area contributed by atoms with Crippen molar-refractivity contribution in [2.45, 2.75) is 6.92 Å². The number of hydrogen-bond acceptors (Lipinski definition) is 6. The number of hydroxylamine groups is 1. The number of hydrogen-bond donors (Lipinski definition) is 1. The van der Waals surface area contributed by atoms with E-state index in [0.717, 1.165) is 7.11 Å². The Morgan fingerprint density at radius 1 is 1.32 bits per heavy atom. The Labute approximate surface area is 110 Å². The Hall–Kier alpha value is -2.50. The van der Waals surface area contributed by atoms with Crippen molar-refractivity contribution in [3.05, 3.63) is 42.3 Å². The molecule has 0 saturated heterocycles. The molecule has 1 N–H and O–H groups in total. The second-order valence-electron chi connectivity index (χ2n) is 3.38. The van der Waals surface area contributed by atoms with Gasteiger partial charge in [-0.05, 0) is 25.6 Å². The second-order valence-corrected chi connectivity index (χ2v) is 3.38. The minimum absolute atomic E-state index is 0.0890. The molecule has 0 saturated carbocycles. The molecule has 0 aliphatic carbocycles. The number of nitrogens with one attached hydrogen (secondary N) is 1. The largest absolute Gasteiger partial charge is 0.478 e. The van der Waals surface area contributed by atoms with Crippen LogP contribution in [0.3, 0.4) is 0 Å². The van der Waals surface area contributed by atoms with E-state index in [2.05, 4.69) is 16.8 Å². The van der Waals surface area contributed by atoms with Crippen LogP contribution in [-0.2, 0) is 14.3 Å². The van der Waals surface area contributed by atoms with Gasteiger partial charge in [0.15, 0.2) is 5.75 Å². The standard InChI is InChI=1S/C13H15NO5/c1-4-18-9(2)14-19-11-8-6-5-7-10(11)12(15)13(16)17-3/h5-8,14H,2,4H2,1,3H3. The van der Waals surface area contributed by atoms with E-state index >= 15 is 0 Å². The fraction of sp³-hybridized carbons (Fsp3) is 0.231. The normalized spacial score (nSPS) is 9.37. The highest BCUT2D eigenvalue weighted by Gasteiger charge is 2.21. The van der Waals surface area contributed by atoms with Gasteiger partial charge in [-0.2, -0.15) is 5.48 Å². The quantitative estimate of drug-likeness (QED) is 0.264. The van der Waals surface area contributed by atoms with Gasteiger partial charge < -0.3 is 14.3 Å². The van der Waals surface area contributed by atoms with Crippen LogP contribution >= 0.6 is 0 Å². The van der Waals surface area contributed by atoms with Crippen molar-refractivity contribution >= 4 is 11.8 Å². The monoisotopic (exact) mass is 265 g/mol. The smallest absolute Gasteiger partial charge is 0.379 e. The highest BCUT2D eigenvalue weighted by atomic mass is 16.7. The molecule has 0 atom stereocenters. The lowest BCUT2D eigenvalue weighted by molar-refractivity contribution is -0.135. The number of ether oxygens (including phenoxy) is 2. The highest BCUT2D eigenvalue weighted by molar-refractivity contribution is 6.41. The minimum Gasteiger partial charge on any atom is -0.478 e. The summed E-state index contributed by atoms with van der Waals surface area (Å²) in [6.45, 7) is 5.77. The maximum absolute atomic E-state index is 11.7. The lowest BCUT2D eigenvalue weighted by Gasteiger charge is -2.12. The van der Waals surface area contributed by atoms with Crippen LogP contribution in [0.4, 0.5) is 0 Å². The van der Waals surface area contributed by atoms with E-state index in [0.29, 0.717) is 6.61 Å². The van der Waals surface area contributed by atoms with E-state index < -0.39 is 11.8 Å². The van der Waals surface area contributed by atoms with Crippen LogP contribution in [0, 0.1) is 0 Å².